The maximum atomic E-state index is 15.2. The van der Waals surface area contributed by atoms with Crippen molar-refractivity contribution in [3.05, 3.63) is 23.0 Å². The molecule has 0 aromatic rings. The standard InChI is InChI=1S/C19H31FN2O3/c1-18(2,3)25-17(23)22(5)9-8-19(4,20)14-7-6-13-10-15(21)12-24-16(13)11-14/h11,15H,6-10,12,21H2,1-5H3. The van der Waals surface area contributed by atoms with Gasteiger partial charge >= 0.3 is 6.09 Å². The second-order valence-corrected chi connectivity index (χ2v) is 8.26. The van der Waals surface area contributed by atoms with E-state index in [-0.39, 0.29) is 19.0 Å². The van der Waals surface area contributed by atoms with Crippen molar-refractivity contribution in [3.63, 3.8) is 0 Å². The number of allylic oxidation sites excluding steroid dienone is 2. The monoisotopic (exact) mass is 354 g/mol. The first kappa shape index (κ1) is 19.8. The molecule has 2 N–H and O–H groups in total. The minimum absolute atomic E-state index is 0.0351. The second-order valence-electron chi connectivity index (χ2n) is 8.26. The van der Waals surface area contributed by atoms with E-state index in [2.05, 4.69) is 0 Å². The van der Waals surface area contributed by atoms with Crippen LogP contribution in [0.4, 0.5) is 9.18 Å². The SMILES string of the molecule is CN(CCC(C)(F)C1=CC2=C(CC1)CC(N)CO2)C(=O)OC(C)(C)C. The summed E-state index contributed by atoms with van der Waals surface area (Å²) in [5.74, 6) is 0.785. The molecule has 0 saturated carbocycles. The number of halogens is 1. The zero-order valence-corrected chi connectivity index (χ0v) is 16.0. The van der Waals surface area contributed by atoms with Crippen LogP contribution in [0.2, 0.25) is 0 Å². The van der Waals surface area contributed by atoms with Crippen molar-refractivity contribution in [1.82, 2.24) is 4.90 Å². The summed E-state index contributed by atoms with van der Waals surface area (Å²) in [7, 11) is 1.63. The number of carbonyl (C=O) groups excluding carboxylic acids is 1. The Morgan fingerprint density at radius 3 is 2.72 bits per heavy atom. The molecule has 2 unspecified atom stereocenters. The van der Waals surface area contributed by atoms with Gasteiger partial charge in [0.15, 0.2) is 0 Å². The molecular weight excluding hydrogens is 323 g/mol. The van der Waals surface area contributed by atoms with E-state index in [1.54, 1.807) is 14.0 Å². The Kier molecular flexibility index (Phi) is 5.82. The quantitative estimate of drug-likeness (QED) is 0.836. The number of ether oxygens (including phenoxy) is 2. The second kappa shape index (κ2) is 7.36. The highest BCUT2D eigenvalue weighted by Gasteiger charge is 2.33. The topological polar surface area (TPSA) is 64.8 Å². The molecule has 0 saturated heterocycles. The Bertz CT molecular complexity index is 576. The molecule has 0 fully saturated rings. The van der Waals surface area contributed by atoms with Crippen LogP contribution in [0.1, 0.15) is 53.4 Å². The van der Waals surface area contributed by atoms with Crippen LogP contribution in [0, 0.1) is 0 Å². The molecule has 0 aromatic heterocycles. The maximum absolute atomic E-state index is 15.2. The Morgan fingerprint density at radius 1 is 1.40 bits per heavy atom. The third-order valence-corrected chi connectivity index (χ3v) is 4.60. The fourth-order valence-corrected chi connectivity index (χ4v) is 3.04. The largest absolute Gasteiger partial charge is 0.492 e. The molecule has 25 heavy (non-hydrogen) atoms. The van der Waals surface area contributed by atoms with Gasteiger partial charge in [0.25, 0.3) is 0 Å². The van der Waals surface area contributed by atoms with Crippen LogP contribution in [0.15, 0.2) is 23.0 Å². The molecule has 0 aromatic carbocycles. The van der Waals surface area contributed by atoms with E-state index in [9.17, 15) is 4.79 Å². The normalized spacial score (nSPS) is 23.2. The van der Waals surface area contributed by atoms with E-state index in [1.165, 1.54) is 10.5 Å². The molecule has 0 spiro atoms. The number of alkyl halides is 1. The van der Waals surface area contributed by atoms with Crippen LogP contribution < -0.4 is 5.73 Å². The molecule has 2 rings (SSSR count). The smallest absolute Gasteiger partial charge is 0.410 e. The molecule has 0 bridgehead atoms. The summed E-state index contributed by atoms with van der Waals surface area (Å²) in [6.07, 6.45) is 3.89. The summed E-state index contributed by atoms with van der Waals surface area (Å²) in [6, 6.07) is 0.0351. The van der Waals surface area contributed by atoms with Crippen LogP contribution in [0.5, 0.6) is 0 Å². The molecular formula is C19H31FN2O3. The minimum atomic E-state index is -1.49. The zero-order valence-electron chi connectivity index (χ0n) is 16.0. The van der Waals surface area contributed by atoms with E-state index >= 15 is 4.39 Å². The van der Waals surface area contributed by atoms with Gasteiger partial charge in [-0.05, 0) is 64.2 Å². The molecule has 5 nitrogen and oxygen atoms in total. The van der Waals surface area contributed by atoms with Crippen molar-refractivity contribution in [3.8, 4) is 0 Å². The van der Waals surface area contributed by atoms with E-state index in [0.717, 1.165) is 24.2 Å². The summed E-state index contributed by atoms with van der Waals surface area (Å²) in [5.41, 5.74) is 5.77. The van der Waals surface area contributed by atoms with E-state index < -0.39 is 17.4 Å². The highest BCUT2D eigenvalue weighted by atomic mass is 19.1. The van der Waals surface area contributed by atoms with Gasteiger partial charge in [0.05, 0.1) is 0 Å². The molecule has 6 heteroatoms. The molecule has 2 atom stereocenters. The molecule has 1 aliphatic carbocycles. The van der Waals surface area contributed by atoms with Crippen molar-refractivity contribution in [2.45, 2.75) is 70.7 Å². The van der Waals surface area contributed by atoms with Crippen LogP contribution in [0.25, 0.3) is 0 Å². The fraction of sp³-hybridized carbons (Fsp3) is 0.737. The molecule has 142 valence electrons. The van der Waals surface area contributed by atoms with Crippen LogP contribution >= 0.6 is 0 Å². The average molecular weight is 354 g/mol. The van der Waals surface area contributed by atoms with E-state index in [1.807, 2.05) is 26.8 Å². The minimum Gasteiger partial charge on any atom is -0.492 e. The van der Waals surface area contributed by atoms with Crippen molar-refractivity contribution in [2.24, 2.45) is 5.73 Å². The van der Waals surface area contributed by atoms with Gasteiger partial charge < -0.3 is 20.1 Å². The van der Waals surface area contributed by atoms with Crippen molar-refractivity contribution in [1.29, 1.82) is 0 Å². The van der Waals surface area contributed by atoms with Crippen molar-refractivity contribution < 1.29 is 18.7 Å². The van der Waals surface area contributed by atoms with Gasteiger partial charge in [0.1, 0.15) is 23.6 Å². The summed E-state index contributed by atoms with van der Waals surface area (Å²) < 4.78 is 26.2. The van der Waals surface area contributed by atoms with E-state index in [0.29, 0.717) is 13.0 Å². The number of carbonyl (C=O) groups is 1. The van der Waals surface area contributed by atoms with Crippen LogP contribution in [-0.2, 0) is 9.47 Å². The Balaban J connectivity index is 1.96. The predicted molar refractivity (Wildman–Crippen MR) is 95.9 cm³/mol. The third kappa shape index (κ3) is 5.46. The average Bonchev–Trinajstić information content (AvgIpc) is 2.50. The number of rotatable bonds is 4. The molecule has 1 aliphatic heterocycles. The third-order valence-electron chi connectivity index (χ3n) is 4.60. The summed E-state index contributed by atoms with van der Waals surface area (Å²) in [6.45, 7) is 7.77. The lowest BCUT2D eigenvalue weighted by molar-refractivity contribution is 0.0276. The highest BCUT2D eigenvalue weighted by molar-refractivity contribution is 5.67. The van der Waals surface area contributed by atoms with E-state index in [4.69, 9.17) is 15.2 Å². The molecule has 2 aliphatic rings. The van der Waals surface area contributed by atoms with Gasteiger partial charge in [-0.25, -0.2) is 9.18 Å². The van der Waals surface area contributed by atoms with Crippen molar-refractivity contribution in [2.75, 3.05) is 20.2 Å². The van der Waals surface area contributed by atoms with Gasteiger partial charge in [0.2, 0.25) is 0 Å². The highest BCUT2D eigenvalue weighted by Crippen LogP contribution is 2.38. The first-order valence-electron chi connectivity index (χ1n) is 8.92. The Labute approximate surface area is 150 Å². The number of nitrogens with two attached hydrogens (primary N) is 1. The van der Waals surface area contributed by atoms with Crippen LogP contribution in [0.3, 0.4) is 0 Å². The van der Waals surface area contributed by atoms with Gasteiger partial charge in [-0.3, -0.25) is 0 Å². The number of hydrogen-bond donors (Lipinski definition) is 1. The Hall–Kier alpha value is -1.56. The molecule has 1 heterocycles. The van der Waals surface area contributed by atoms with Gasteiger partial charge in [0, 0.05) is 26.1 Å². The Morgan fingerprint density at radius 2 is 2.08 bits per heavy atom. The first-order chi connectivity index (χ1) is 11.5. The molecule has 1 amide bonds. The maximum Gasteiger partial charge on any atom is 0.410 e. The fourth-order valence-electron chi connectivity index (χ4n) is 3.04. The summed E-state index contributed by atoms with van der Waals surface area (Å²) in [4.78, 5) is 13.4. The predicted octanol–water partition coefficient (Wildman–Crippen LogP) is 3.69. The van der Waals surface area contributed by atoms with Gasteiger partial charge in [-0.15, -0.1) is 0 Å². The lowest BCUT2D eigenvalue weighted by Crippen LogP contribution is -2.37. The van der Waals surface area contributed by atoms with Gasteiger partial charge in [-0.1, -0.05) is 0 Å². The zero-order chi connectivity index (χ0) is 18.8. The summed E-state index contributed by atoms with van der Waals surface area (Å²) in [5, 5.41) is 0. The lowest BCUT2D eigenvalue weighted by atomic mass is 9.83. The number of nitrogens with zero attached hydrogens (tertiary/aromatic N) is 1. The summed E-state index contributed by atoms with van der Waals surface area (Å²) >= 11 is 0. The van der Waals surface area contributed by atoms with Crippen LogP contribution in [-0.4, -0.2) is 48.5 Å². The molecule has 0 radical (unpaired) electrons. The van der Waals surface area contributed by atoms with Crippen molar-refractivity contribution >= 4 is 6.09 Å². The number of hydrogen-bond acceptors (Lipinski definition) is 4. The number of amides is 1. The van der Waals surface area contributed by atoms with Gasteiger partial charge in [-0.2, -0.15) is 0 Å². The lowest BCUT2D eigenvalue weighted by Gasteiger charge is -2.33. The first-order valence-corrected chi connectivity index (χ1v) is 8.92.